The van der Waals surface area contributed by atoms with Crippen LogP contribution in [0.3, 0.4) is 0 Å². The van der Waals surface area contributed by atoms with Crippen molar-refractivity contribution in [2.75, 3.05) is 33.4 Å². The fourth-order valence-corrected chi connectivity index (χ4v) is 1.74. The van der Waals surface area contributed by atoms with E-state index in [1.165, 1.54) is 10.6 Å². The van der Waals surface area contributed by atoms with Gasteiger partial charge in [-0.1, -0.05) is 20.8 Å². The Hall–Kier alpha value is -0.130. The summed E-state index contributed by atoms with van der Waals surface area (Å²) in [5.74, 6) is 0. The molecule has 1 atom stereocenters. The molecule has 15 heavy (non-hydrogen) atoms. The summed E-state index contributed by atoms with van der Waals surface area (Å²) in [6.07, 6.45) is 1.23. The van der Waals surface area contributed by atoms with Gasteiger partial charge in [0.2, 0.25) is 10.0 Å². The predicted octanol–water partition coefficient (Wildman–Crippen LogP) is 1.24. The van der Waals surface area contributed by atoms with E-state index in [9.17, 15) is 8.42 Å². The first-order valence-corrected chi connectivity index (χ1v) is 7.25. The van der Waals surface area contributed by atoms with Gasteiger partial charge in [0.1, 0.15) is 0 Å². The fourth-order valence-electron chi connectivity index (χ4n) is 1.02. The van der Waals surface area contributed by atoms with Gasteiger partial charge in [-0.05, 0) is 20.5 Å². The van der Waals surface area contributed by atoms with Crippen LogP contribution in [0, 0.1) is 0 Å². The third-order valence-electron chi connectivity index (χ3n) is 2.26. The summed E-state index contributed by atoms with van der Waals surface area (Å²) in [7, 11) is 0.544. The minimum absolute atomic E-state index is 0.0277. The first-order chi connectivity index (χ1) is 6.79. The second kappa shape index (κ2) is 8.07. The number of hydrogen-bond acceptors (Lipinski definition) is 3. The van der Waals surface area contributed by atoms with Gasteiger partial charge in [-0.25, -0.2) is 12.7 Å². The van der Waals surface area contributed by atoms with E-state index in [0.717, 1.165) is 13.1 Å². The Morgan fingerprint density at radius 3 is 1.87 bits per heavy atom. The van der Waals surface area contributed by atoms with Crippen molar-refractivity contribution < 1.29 is 8.42 Å². The predicted molar refractivity (Wildman–Crippen MR) is 66.6 cm³/mol. The lowest BCUT2D eigenvalue weighted by molar-refractivity contribution is 0.266. The number of rotatable bonds is 5. The first kappa shape index (κ1) is 17.3. The number of hydrogen-bond donors (Lipinski definition) is 0. The zero-order valence-electron chi connectivity index (χ0n) is 11.1. The van der Waals surface area contributed by atoms with Crippen LogP contribution in [0.5, 0.6) is 0 Å². The molecule has 0 spiro atoms. The monoisotopic (exact) mass is 238 g/mol. The summed E-state index contributed by atoms with van der Waals surface area (Å²) in [6, 6.07) is 0.0277. The maximum absolute atomic E-state index is 11.1. The Balaban J connectivity index is 0. The van der Waals surface area contributed by atoms with Crippen LogP contribution >= 0.6 is 0 Å². The van der Waals surface area contributed by atoms with Crippen LogP contribution in [0.1, 0.15) is 27.7 Å². The van der Waals surface area contributed by atoms with Crippen LogP contribution in [-0.2, 0) is 10.0 Å². The molecule has 4 nitrogen and oxygen atoms in total. The summed E-state index contributed by atoms with van der Waals surface area (Å²) in [6.45, 7) is 9.66. The highest BCUT2D eigenvalue weighted by Crippen LogP contribution is 2.02. The van der Waals surface area contributed by atoms with Crippen LogP contribution in [0.4, 0.5) is 0 Å². The van der Waals surface area contributed by atoms with Crippen molar-refractivity contribution in [3.63, 3.8) is 0 Å². The normalized spacial score (nSPS) is 13.7. The standard InChI is InChI=1S/C8H20N2O2S.C2H6/c1-6-9(3)7-8(2)10(4)13(5,11)12;1-2/h8H,6-7H2,1-5H3;1-2H3. The first-order valence-electron chi connectivity index (χ1n) is 5.40. The Morgan fingerprint density at radius 2 is 1.60 bits per heavy atom. The Morgan fingerprint density at radius 1 is 1.20 bits per heavy atom. The van der Waals surface area contributed by atoms with Crippen LogP contribution in [-0.4, -0.2) is 57.1 Å². The van der Waals surface area contributed by atoms with E-state index in [2.05, 4.69) is 4.90 Å². The smallest absolute Gasteiger partial charge is 0.211 e. The highest BCUT2D eigenvalue weighted by Gasteiger charge is 2.18. The zero-order chi connectivity index (χ0) is 12.6. The molecular weight excluding hydrogens is 212 g/mol. The molecule has 0 radical (unpaired) electrons. The van der Waals surface area contributed by atoms with E-state index >= 15 is 0 Å². The molecule has 0 aromatic heterocycles. The van der Waals surface area contributed by atoms with Crippen LogP contribution in [0.25, 0.3) is 0 Å². The second-order valence-corrected chi connectivity index (χ2v) is 5.53. The summed E-state index contributed by atoms with van der Waals surface area (Å²) in [5, 5.41) is 0. The largest absolute Gasteiger partial charge is 0.305 e. The molecule has 0 aliphatic carbocycles. The lowest BCUT2D eigenvalue weighted by atomic mass is 10.3. The Bertz CT molecular complexity index is 240. The second-order valence-electron chi connectivity index (χ2n) is 3.48. The molecule has 0 bridgehead atoms. The summed E-state index contributed by atoms with van der Waals surface area (Å²) >= 11 is 0. The zero-order valence-corrected chi connectivity index (χ0v) is 11.9. The van der Waals surface area contributed by atoms with E-state index in [1.807, 2.05) is 34.7 Å². The summed E-state index contributed by atoms with van der Waals surface area (Å²) in [4.78, 5) is 2.09. The van der Waals surface area contributed by atoms with Gasteiger partial charge in [0, 0.05) is 19.6 Å². The van der Waals surface area contributed by atoms with Gasteiger partial charge >= 0.3 is 0 Å². The van der Waals surface area contributed by atoms with Gasteiger partial charge in [0.05, 0.1) is 6.26 Å². The molecule has 0 aromatic rings. The molecule has 0 rings (SSSR count). The van der Waals surface area contributed by atoms with Crippen LogP contribution < -0.4 is 0 Å². The van der Waals surface area contributed by atoms with Crippen molar-refractivity contribution in [1.82, 2.24) is 9.21 Å². The van der Waals surface area contributed by atoms with Crippen LogP contribution in [0.15, 0.2) is 0 Å². The molecule has 0 aliphatic rings. The number of sulfonamides is 1. The van der Waals surface area contributed by atoms with Gasteiger partial charge in [0.25, 0.3) is 0 Å². The fraction of sp³-hybridized carbons (Fsp3) is 1.00. The van der Waals surface area contributed by atoms with Crippen molar-refractivity contribution in [3.8, 4) is 0 Å². The van der Waals surface area contributed by atoms with Gasteiger partial charge in [-0.2, -0.15) is 0 Å². The Labute approximate surface area is 95.3 Å². The third kappa shape index (κ3) is 7.76. The third-order valence-corrected chi connectivity index (χ3v) is 3.67. The molecule has 0 saturated heterocycles. The molecule has 5 heteroatoms. The average molecular weight is 238 g/mol. The number of likely N-dealkylation sites (N-methyl/N-ethyl adjacent to an activating group) is 2. The molecular formula is C10H26N2O2S. The molecule has 0 N–H and O–H groups in total. The van der Waals surface area contributed by atoms with Gasteiger partial charge in [-0.15, -0.1) is 0 Å². The molecule has 0 aromatic carbocycles. The molecule has 94 valence electrons. The molecule has 0 aliphatic heterocycles. The van der Waals surface area contributed by atoms with Crippen molar-refractivity contribution in [1.29, 1.82) is 0 Å². The summed E-state index contributed by atoms with van der Waals surface area (Å²) in [5.41, 5.74) is 0. The lowest BCUT2D eigenvalue weighted by Gasteiger charge is -2.26. The molecule has 1 unspecified atom stereocenters. The van der Waals surface area contributed by atoms with Gasteiger partial charge in [-0.3, -0.25) is 0 Å². The lowest BCUT2D eigenvalue weighted by Crippen LogP contribution is -2.41. The maximum Gasteiger partial charge on any atom is 0.211 e. The van der Waals surface area contributed by atoms with Crippen molar-refractivity contribution in [3.05, 3.63) is 0 Å². The molecule has 0 amide bonds. The average Bonchev–Trinajstić information content (AvgIpc) is 2.18. The highest BCUT2D eigenvalue weighted by atomic mass is 32.2. The molecule has 0 fully saturated rings. The van der Waals surface area contributed by atoms with E-state index < -0.39 is 10.0 Å². The van der Waals surface area contributed by atoms with Crippen molar-refractivity contribution >= 4 is 10.0 Å². The molecule has 0 saturated carbocycles. The highest BCUT2D eigenvalue weighted by molar-refractivity contribution is 7.88. The molecule has 0 heterocycles. The number of nitrogens with zero attached hydrogens (tertiary/aromatic N) is 2. The maximum atomic E-state index is 11.1. The van der Waals surface area contributed by atoms with Gasteiger partial charge < -0.3 is 4.90 Å². The minimum Gasteiger partial charge on any atom is -0.305 e. The minimum atomic E-state index is -3.05. The SMILES string of the molecule is CC.CCN(C)CC(C)N(C)S(C)(=O)=O. The van der Waals surface area contributed by atoms with E-state index in [0.29, 0.717) is 0 Å². The van der Waals surface area contributed by atoms with Gasteiger partial charge in [0.15, 0.2) is 0 Å². The van der Waals surface area contributed by atoms with E-state index in [-0.39, 0.29) is 6.04 Å². The summed E-state index contributed by atoms with van der Waals surface area (Å²) < 4.78 is 23.7. The van der Waals surface area contributed by atoms with E-state index in [1.54, 1.807) is 7.05 Å². The van der Waals surface area contributed by atoms with Crippen molar-refractivity contribution in [2.45, 2.75) is 33.7 Å². The van der Waals surface area contributed by atoms with Crippen molar-refractivity contribution in [2.24, 2.45) is 0 Å². The van der Waals surface area contributed by atoms with E-state index in [4.69, 9.17) is 0 Å². The topological polar surface area (TPSA) is 40.6 Å². The van der Waals surface area contributed by atoms with Crippen LogP contribution in [0.2, 0.25) is 0 Å². The Kier molecular flexibility index (Phi) is 9.29. The quantitative estimate of drug-likeness (QED) is 0.723.